The minimum atomic E-state index is 0. The number of pyridine rings is 1. The maximum atomic E-state index is 4.91. The van der Waals surface area contributed by atoms with Gasteiger partial charge in [-0.2, -0.15) is 11.8 Å². The van der Waals surface area contributed by atoms with Crippen molar-refractivity contribution in [2.45, 2.75) is 55.7 Å². The largest absolute Gasteiger partial charge is 0.360 e. The second-order valence-corrected chi connectivity index (χ2v) is 12.7. The number of hydrogen-bond acceptors (Lipinski definition) is 3. The molecule has 0 spiro atoms. The van der Waals surface area contributed by atoms with E-state index in [1.807, 2.05) is 48.3 Å². The van der Waals surface area contributed by atoms with Gasteiger partial charge in [0.05, 0.1) is 16.9 Å². The Morgan fingerprint density at radius 2 is 1.77 bits per heavy atom. The van der Waals surface area contributed by atoms with E-state index in [4.69, 9.17) is 4.98 Å². The molecule has 1 saturated carbocycles. The molecule has 0 atom stereocenters. The fourth-order valence-electron chi connectivity index (χ4n) is 6.37. The van der Waals surface area contributed by atoms with Crippen LogP contribution >= 0.6 is 11.8 Å². The first-order chi connectivity index (χ1) is 19.1. The van der Waals surface area contributed by atoms with Crippen molar-refractivity contribution >= 4 is 28.4 Å². The van der Waals surface area contributed by atoms with E-state index in [2.05, 4.69) is 84.1 Å². The van der Waals surface area contributed by atoms with Crippen LogP contribution in [0.15, 0.2) is 90.0 Å². The number of allylic oxidation sites excluding steroid dienone is 2. The molecule has 5 aromatic rings. The molecule has 0 bridgehead atoms. The summed E-state index contributed by atoms with van der Waals surface area (Å²) in [6, 6.07) is 31.6. The molecule has 3 aromatic carbocycles. The van der Waals surface area contributed by atoms with Gasteiger partial charge in [0.15, 0.2) is 0 Å². The summed E-state index contributed by atoms with van der Waals surface area (Å²) in [5.41, 5.74) is 9.98. The van der Waals surface area contributed by atoms with Crippen molar-refractivity contribution in [2.75, 3.05) is 0 Å². The van der Waals surface area contributed by atoms with E-state index in [1.54, 1.807) is 5.57 Å². The van der Waals surface area contributed by atoms with Crippen LogP contribution in [-0.2, 0) is 31.4 Å². The smallest absolute Gasteiger partial charge is 0.0777 e. The van der Waals surface area contributed by atoms with Crippen LogP contribution in [0.2, 0.25) is 0 Å². The van der Waals surface area contributed by atoms with Crippen molar-refractivity contribution < 1.29 is 20.1 Å². The molecule has 203 valence electrons. The van der Waals surface area contributed by atoms with E-state index < -0.39 is 0 Å². The Hall–Kier alpha value is -2.98. The number of benzene rings is 3. The molecule has 1 radical (unpaired) electrons. The van der Waals surface area contributed by atoms with Crippen LogP contribution in [0, 0.1) is 18.1 Å². The summed E-state index contributed by atoms with van der Waals surface area (Å²) in [7, 11) is 0. The summed E-state index contributed by atoms with van der Waals surface area (Å²) in [5, 5.41) is 0. The predicted octanol–water partition coefficient (Wildman–Crippen LogP) is 8.98. The molecule has 2 aromatic heterocycles. The molecule has 4 heterocycles. The first-order valence-corrected chi connectivity index (χ1v) is 14.7. The molecule has 3 aliphatic rings. The first-order valence-electron chi connectivity index (χ1n) is 13.9. The van der Waals surface area contributed by atoms with E-state index in [0.717, 1.165) is 40.6 Å². The van der Waals surface area contributed by atoms with Gasteiger partial charge in [0.1, 0.15) is 0 Å². The van der Waals surface area contributed by atoms with Gasteiger partial charge < -0.3 is 9.55 Å². The Morgan fingerprint density at radius 1 is 0.925 bits per heavy atom. The van der Waals surface area contributed by atoms with Gasteiger partial charge in [0.2, 0.25) is 0 Å². The third-order valence-electron chi connectivity index (χ3n) is 8.19. The van der Waals surface area contributed by atoms with Gasteiger partial charge in [0, 0.05) is 43.2 Å². The van der Waals surface area contributed by atoms with E-state index in [9.17, 15) is 0 Å². The third kappa shape index (κ3) is 4.79. The quantitative estimate of drug-likeness (QED) is 0.171. The van der Waals surface area contributed by atoms with Crippen molar-refractivity contribution in [1.82, 2.24) is 14.5 Å². The Balaban J connectivity index is 0.000000150. The van der Waals surface area contributed by atoms with Crippen LogP contribution in [0.1, 0.15) is 50.7 Å². The van der Waals surface area contributed by atoms with Crippen molar-refractivity contribution in [1.29, 1.82) is 0 Å². The Morgan fingerprint density at radius 3 is 2.60 bits per heavy atom. The molecule has 1 aliphatic carbocycles. The molecular weight excluding hydrogens is 687 g/mol. The molecule has 0 N–H and O–H groups in total. The molecule has 1 fully saturated rings. The fraction of sp³-hybridized carbons (Fsp3) is 0.257. The summed E-state index contributed by atoms with van der Waals surface area (Å²) in [4.78, 5) is 10.7. The van der Waals surface area contributed by atoms with E-state index in [-0.39, 0.29) is 24.9 Å². The molecular formula is C35H31IrN3S-2. The van der Waals surface area contributed by atoms with Gasteiger partial charge >= 0.3 is 0 Å². The number of aromatic nitrogens is 3. The number of nitrogens with zero attached hydrogens (tertiary/aromatic N) is 3. The minimum absolute atomic E-state index is 0. The number of para-hydroxylation sites is 1. The molecule has 2 aliphatic heterocycles. The zero-order chi connectivity index (χ0) is 26.4. The van der Waals surface area contributed by atoms with Gasteiger partial charge in [-0.25, -0.2) is 0 Å². The van der Waals surface area contributed by atoms with Gasteiger partial charge in [-0.15, -0.1) is 65.7 Å². The van der Waals surface area contributed by atoms with Crippen LogP contribution in [0.3, 0.4) is 0 Å². The summed E-state index contributed by atoms with van der Waals surface area (Å²) >= 11 is 1.89. The fourth-order valence-corrected chi connectivity index (χ4v) is 7.60. The van der Waals surface area contributed by atoms with Crippen LogP contribution < -0.4 is 0 Å². The van der Waals surface area contributed by atoms with Gasteiger partial charge in [-0.1, -0.05) is 42.0 Å². The first kappa shape index (κ1) is 27.2. The molecule has 3 nitrogen and oxygen atoms in total. The second-order valence-electron chi connectivity index (χ2n) is 11.1. The number of hydrogen-bond donors (Lipinski definition) is 0. The van der Waals surface area contributed by atoms with Crippen molar-refractivity contribution in [3.05, 3.63) is 108 Å². The van der Waals surface area contributed by atoms with E-state index in [0.29, 0.717) is 0 Å². The monoisotopic (exact) mass is 718 g/mol. The number of thioether (sulfide) groups is 1. The van der Waals surface area contributed by atoms with Crippen LogP contribution in [0.5, 0.6) is 0 Å². The van der Waals surface area contributed by atoms with E-state index >= 15 is 0 Å². The van der Waals surface area contributed by atoms with Crippen molar-refractivity contribution in [3.8, 4) is 22.6 Å². The maximum Gasteiger partial charge on any atom is 0.0777 e. The SMILES string of the molecule is CC1(C)Sc2ccc[c-]c2-c2ncccc21.[Ir].[c-]1ccccc1-c1nc2cccc3c2n1CC=C3C1CCCC1. The average Bonchev–Trinajstić information content (AvgIpc) is 3.64. The standard InChI is InChI=1S/C21H19N2.C14H12NS.Ir/c1-2-9-16(10-3-1)21-22-19-12-6-11-18-17(15-7-4-5-8-15)13-14-23(21)20(18)19;1-14(2)11-7-5-9-15-13(11)10-6-3-4-8-12(10)16-14;/h1-3,6,9,11-13,15H,4-5,7-8,14H2;3-5,7-9H,1-2H3;/q2*-1;. The van der Waals surface area contributed by atoms with Crippen LogP contribution in [0.4, 0.5) is 0 Å². The summed E-state index contributed by atoms with van der Waals surface area (Å²) in [6.45, 7) is 5.42. The number of rotatable bonds is 2. The summed E-state index contributed by atoms with van der Waals surface area (Å²) in [5.74, 6) is 1.78. The third-order valence-corrected chi connectivity index (χ3v) is 9.48. The zero-order valence-corrected chi connectivity index (χ0v) is 26.0. The predicted molar refractivity (Wildman–Crippen MR) is 161 cm³/mol. The molecule has 40 heavy (non-hydrogen) atoms. The van der Waals surface area contributed by atoms with Crippen LogP contribution in [-0.4, -0.2) is 14.5 Å². The molecule has 5 heteroatoms. The van der Waals surface area contributed by atoms with Crippen molar-refractivity contribution in [3.63, 3.8) is 0 Å². The zero-order valence-electron chi connectivity index (χ0n) is 22.8. The Labute approximate surface area is 254 Å². The molecule has 0 unspecified atom stereocenters. The number of imidazole rings is 1. The summed E-state index contributed by atoms with van der Waals surface area (Å²) in [6.07, 6.45) is 9.73. The summed E-state index contributed by atoms with van der Waals surface area (Å²) < 4.78 is 2.45. The van der Waals surface area contributed by atoms with Gasteiger partial charge in [-0.05, 0) is 61.6 Å². The minimum Gasteiger partial charge on any atom is -0.360 e. The van der Waals surface area contributed by atoms with Crippen LogP contribution in [0.25, 0.3) is 39.3 Å². The average molecular weight is 718 g/mol. The molecule has 8 rings (SSSR count). The van der Waals surface area contributed by atoms with E-state index in [1.165, 1.54) is 47.2 Å². The topological polar surface area (TPSA) is 30.7 Å². The second kappa shape index (κ2) is 11.1. The molecule has 0 amide bonds. The van der Waals surface area contributed by atoms with Gasteiger partial charge in [0.25, 0.3) is 0 Å². The van der Waals surface area contributed by atoms with Crippen molar-refractivity contribution in [2.24, 2.45) is 5.92 Å². The molecule has 0 saturated heterocycles. The number of fused-ring (bicyclic) bond motifs is 3. The van der Waals surface area contributed by atoms with Gasteiger partial charge in [-0.3, -0.25) is 4.98 Å². The maximum absolute atomic E-state index is 4.91. The Bertz CT molecular complexity index is 1700. The normalized spacial score (nSPS) is 16.7. The Kier molecular flexibility index (Phi) is 7.56.